The van der Waals surface area contributed by atoms with E-state index in [1.165, 1.54) is 49.7 Å². The molecular weight excluding hydrogens is 316 g/mol. The van der Waals surface area contributed by atoms with E-state index in [4.69, 9.17) is 4.74 Å². The van der Waals surface area contributed by atoms with Crippen molar-refractivity contribution in [3.05, 3.63) is 71.8 Å². The van der Waals surface area contributed by atoms with Gasteiger partial charge in [0.25, 0.3) is 0 Å². The number of rotatable bonds is 12. The van der Waals surface area contributed by atoms with Crippen LogP contribution in [-0.4, -0.2) is 12.7 Å². The Morgan fingerprint density at radius 2 is 1.23 bits per heavy atom. The van der Waals surface area contributed by atoms with Crippen molar-refractivity contribution in [2.75, 3.05) is 6.61 Å². The topological polar surface area (TPSA) is 9.23 Å². The molecule has 2 aromatic carbocycles. The number of unbranched alkanes of at least 4 members (excludes halogenated alkanes) is 5. The van der Waals surface area contributed by atoms with Gasteiger partial charge >= 0.3 is 0 Å². The molecule has 0 heterocycles. The summed E-state index contributed by atoms with van der Waals surface area (Å²) < 4.78 is 6.34. The Kier molecular flexibility index (Phi) is 8.91. The highest BCUT2D eigenvalue weighted by atomic mass is 16.5. The fourth-order valence-corrected chi connectivity index (χ4v) is 3.96. The van der Waals surface area contributed by atoms with Crippen LogP contribution in [0.4, 0.5) is 0 Å². The molecule has 0 saturated carbocycles. The number of hydrogen-bond donors (Lipinski definition) is 0. The Balaban J connectivity index is 2.20. The minimum Gasteiger partial charge on any atom is -0.377 e. The maximum absolute atomic E-state index is 6.34. The van der Waals surface area contributed by atoms with Crippen molar-refractivity contribution in [3.63, 3.8) is 0 Å². The van der Waals surface area contributed by atoms with Crippen molar-refractivity contribution in [1.82, 2.24) is 0 Å². The average Bonchev–Trinajstić information content (AvgIpc) is 2.70. The molecule has 142 valence electrons. The first-order valence-corrected chi connectivity index (χ1v) is 10.5. The molecule has 0 aliphatic rings. The Hall–Kier alpha value is -1.60. The minimum absolute atomic E-state index is 0.123. The van der Waals surface area contributed by atoms with E-state index < -0.39 is 0 Å². The second kappa shape index (κ2) is 11.2. The molecule has 2 rings (SSSR count). The summed E-state index contributed by atoms with van der Waals surface area (Å²) in [5.74, 6) is 0. The van der Waals surface area contributed by atoms with Crippen LogP contribution < -0.4 is 0 Å². The van der Waals surface area contributed by atoms with Gasteiger partial charge in [-0.15, -0.1) is 0 Å². The largest absolute Gasteiger partial charge is 0.377 e. The summed E-state index contributed by atoms with van der Waals surface area (Å²) in [6.45, 7) is 7.51. The van der Waals surface area contributed by atoms with E-state index in [1.807, 2.05) is 0 Å². The standard InChI is InChI=1S/C25H36O/c1-4-6-7-8-9-16-21-24(26-5-2)25(3,22-17-12-10-13-18-22)23-19-14-11-15-20-23/h10-15,17-20,24H,4-9,16,21H2,1-3H3. The molecule has 0 bridgehead atoms. The summed E-state index contributed by atoms with van der Waals surface area (Å²) >= 11 is 0. The Bertz CT molecular complexity index is 551. The molecule has 26 heavy (non-hydrogen) atoms. The summed E-state index contributed by atoms with van der Waals surface area (Å²) in [7, 11) is 0. The fourth-order valence-electron chi connectivity index (χ4n) is 3.96. The van der Waals surface area contributed by atoms with E-state index in [2.05, 4.69) is 81.4 Å². The van der Waals surface area contributed by atoms with E-state index in [0.29, 0.717) is 0 Å². The van der Waals surface area contributed by atoms with Gasteiger partial charge in [0.2, 0.25) is 0 Å². The van der Waals surface area contributed by atoms with Crippen LogP contribution >= 0.6 is 0 Å². The zero-order valence-corrected chi connectivity index (χ0v) is 16.9. The van der Waals surface area contributed by atoms with Gasteiger partial charge in [-0.3, -0.25) is 0 Å². The summed E-state index contributed by atoms with van der Waals surface area (Å²) in [5.41, 5.74) is 2.56. The van der Waals surface area contributed by atoms with Crippen molar-refractivity contribution < 1.29 is 4.74 Å². The number of ether oxygens (including phenoxy) is 1. The SMILES string of the molecule is CCCCCCCCC(OCC)C(C)(c1ccccc1)c1ccccc1. The van der Waals surface area contributed by atoms with E-state index in [0.717, 1.165) is 13.0 Å². The lowest BCUT2D eigenvalue weighted by atomic mass is 9.70. The second-order valence-electron chi connectivity index (χ2n) is 7.43. The van der Waals surface area contributed by atoms with Gasteiger partial charge in [0.1, 0.15) is 0 Å². The Morgan fingerprint density at radius 1 is 0.731 bits per heavy atom. The zero-order valence-electron chi connectivity index (χ0n) is 16.9. The third kappa shape index (κ3) is 5.45. The predicted molar refractivity (Wildman–Crippen MR) is 113 cm³/mol. The second-order valence-corrected chi connectivity index (χ2v) is 7.43. The molecular formula is C25H36O. The van der Waals surface area contributed by atoms with E-state index in [1.54, 1.807) is 0 Å². The molecule has 0 N–H and O–H groups in total. The number of benzene rings is 2. The van der Waals surface area contributed by atoms with Crippen LogP contribution in [0, 0.1) is 0 Å². The van der Waals surface area contributed by atoms with Gasteiger partial charge in [-0.25, -0.2) is 0 Å². The molecule has 0 amide bonds. The van der Waals surface area contributed by atoms with E-state index in [-0.39, 0.29) is 11.5 Å². The highest BCUT2D eigenvalue weighted by Crippen LogP contribution is 2.39. The number of hydrogen-bond acceptors (Lipinski definition) is 1. The predicted octanol–water partition coefficient (Wildman–Crippen LogP) is 7.15. The lowest BCUT2D eigenvalue weighted by Gasteiger charge is -2.39. The summed E-state index contributed by atoms with van der Waals surface area (Å²) in [4.78, 5) is 0. The molecule has 1 unspecified atom stereocenters. The third-order valence-electron chi connectivity index (χ3n) is 5.58. The monoisotopic (exact) mass is 352 g/mol. The van der Waals surface area contributed by atoms with Gasteiger partial charge in [-0.1, -0.05) is 106 Å². The highest BCUT2D eigenvalue weighted by Gasteiger charge is 2.37. The lowest BCUT2D eigenvalue weighted by Crippen LogP contribution is -2.40. The Labute approximate surface area is 160 Å². The van der Waals surface area contributed by atoms with Crippen LogP contribution in [0.15, 0.2) is 60.7 Å². The van der Waals surface area contributed by atoms with Crippen molar-refractivity contribution in [2.24, 2.45) is 0 Å². The van der Waals surface area contributed by atoms with Gasteiger partial charge in [-0.2, -0.15) is 0 Å². The first-order valence-electron chi connectivity index (χ1n) is 10.5. The van der Waals surface area contributed by atoms with Crippen molar-refractivity contribution >= 4 is 0 Å². The molecule has 0 spiro atoms. The first-order chi connectivity index (χ1) is 12.7. The van der Waals surface area contributed by atoms with E-state index >= 15 is 0 Å². The van der Waals surface area contributed by atoms with Gasteiger partial charge < -0.3 is 4.74 Å². The van der Waals surface area contributed by atoms with Crippen LogP contribution in [0.25, 0.3) is 0 Å². The Morgan fingerprint density at radius 3 is 1.73 bits per heavy atom. The minimum atomic E-state index is -0.123. The first kappa shape index (κ1) is 20.7. The van der Waals surface area contributed by atoms with Crippen LogP contribution in [0.2, 0.25) is 0 Å². The van der Waals surface area contributed by atoms with E-state index in [9.17, 15) is 0 Å². The summed E-state index contributed by atoms with van der Waals surface area (Å²) in [6, 6.07) is 21.8. The molecule has 0 saturated heterocycles. The van der Waals surface area contributed by atoms with Crippen LogP contribution in [0.1, 0.15) is 76.8 Å². The summed E-state index contributed by atoms with van der Waals surface area (Å²) in [5, 5.41) is 0. The molecule has 1 nitrogen and oxygen atoms in total. The van der Waals surface area contributed by atoms with Crippen LogP contribution in [0.3, 0.4) is 0 Å². The molecule has 0 aromatic heterocycles. The average molecular weight is 353 g/mol. The van der Waals surface area contributed by atoms with Gasteiger partial charge in [0.05, 0.1) is 6.10 Å². The molecule has 0 aliphatic heterocycles. The van der Waals surface area contributed by atoms with Crippen molar-refractivity contribution in [3.8, 4) is 0 Å². The molecule has 0 aliphatic carbocycles. The van der Waals surface area contributed by atoms with Gasteiger partial charge in [0.15, 0.2) is 0 Å². The van der Waals surface area contributed by atoms with Crippen LogP contribution in [0.5, 0.6) is 0 Å². The van der Waals surface area contributed by atoms with Gasteiger partial charge in [0, 0.05) is 12.0 Å². The molecule has 1 atom stereocenters. The molecule has 0 fully saturated rings. The lowest BCUT2D eigenvalue weighted by molar-refractivity contribution is 0.0140. The zero-order chi connectivity index (χ0) is 18.7. The quantitative estimate of drug-likeness (QED) is 0.369. The highest BCUT2D eigenvalue weighted by molar-refractivity contribution is 5.40. The molecule has 1 heteroatoms. The van der Waals surface area contributed by atoms with Crippen LogP contribution in [-0.2, 0) is 10.2 Å². The van der Waals surface area contributed by atoms with Crippen molar-refractivity contribution in [2.45, 2.75) is 77.2 Å². The third-order valence-corrected chi connectivity index (χ3v) is 5.58. The van der Waals surface area contributed by atoms with Crippen molar-refractivity contribution in [1.29, 1.82) is 0 Å². The maximum atomic E-state index is 6.34. The fraction of sp³-hybridized carbons (Fsp3) is 0.520. The maximum Gasteiger partial charge on any atom is 0.0709 e. The smallest absolute Gasteiger partial charge is 0.0709 e. The molecule has 2 aromatic rings. The normalized spacial score (nSPS) is 12.9. The van der Waals surface area contributed by atoms with Gasteiger partial charge in [-0.05, 0) is 31.4 Å². The summed E-state index contributed by atoms with van der Waals surface area (Å²) in [6.07, 6.45) is 9.24. The molecule has 0 radical (unpaired) electrons.